The zero-order valence-electron chi connectivity index (χ0n) is 11.0. The highest BCUT2D eigenvalue weighted by Crippen LogP contribution is 2.34. The van der Waals surface area contributed by atoms with Crippen molar-refractivity contribution in [3.63, 3.8) is 0 Å². The third-order valence-electron chi connectivity index (χ3n) is 3.36. The second-order valence-corrected chi connectivity index (χ2v) is 5.09. The number of fused-ring (bicyclic) bond motifs is 1. The van der Waals surface area contributed by atoms with Gasteiger partial charge in [0.2, 0.25) is 0 Å². The number of carboxylic acids is 1. The number of nitrogens with zero attached hydrogens (tertiary/aromatic N) is 1. The number of aromatic nitrogens is 1. The van der Waals surface area contributed by atoms with Crippen molar-refractivity contribution in [1.29, 1.82) is 0 Å². The van der Waals surface area contributed by atoms with E-state index in [2.05, 4.69) is 10.3 Å². The topological polar surface area (TPSA) is 71.5 Å². The number of aromatic carboxylic acids is 1. The summed E-state index contributed by atoms with van der Waals surface area (Å²) in [5.41, 5.74) is 1.09. The summed E-state index contributed by atoms with van der Waals surface area (Å²) in [6.45, 7) is 0.567. The van der Waals surface area contributed by atoms with E-state index in [0.717, 1.165) is 17.7 Å². The summed E-state index contributed by atoms with van der Waals surface area (Å²) in [4.78, 5) is 15.4. The molecule has 2 N–H and O–H groups in total. The molecule has 0 bridgehead atoms. The first kappa shape index (κ1) is 13.7. The lowest BCUT2D eigenvalue weighted by atomic mass is 10.0. The molecule has 1 aromatic heterocycles. The SMILES string of the molecule is O=C(O)c1ccc(Cl)nc1NC1CCOc2ccccc21. The minimum atomic E-state index is -1.04. The van der Waals surface area contributed by atoms with Crippen LogP contribution in [0.15, 0.2) is 36.4 Å². The van der Waals surface area contributed by atoms with E-state index in [1.807, 2.05) is 24.3 Å². The summed E-state index contributed by atoms with van der Waals surface area (Å²) in [6, 6.07) is 10.5. The van der Waals surface area contributed by atoms with E-state index >= 15 is 0 Å². The molecule has 1 unspecified atom stereocenters. The van der Waals surface area contributed by atoms with Crippen LogP contribution in [0.5, 0.6) is 5.75 Å². The second kappa shape index (κ2) is 5.61. The van der Waals surface area contributed by atoms with Gasteiger partial charge in [-0.1, -0.05) is 29.8 Å². The van der Waals surface area contributed by atoms with E-state index in [9.17, 15) is 9.90 Å². The third kappa shape index (κ3) is 2.78. The average molecular weight is 305 g/mol. The van der Waals surface area contributed by atoms with Gasteiger partial charge in [0.1, 0.15) is 22.3 Å². The summed E-state index contributed by atoms with van der Waals surface area (Å²) in [5, 5.41) is 12.7. The highest BCUT2D eigenvalue weighted by atomic mass is 35.5. The van der Waals surface area contributed by atoms with Crippen molar-refractivity contribution in [2.75, 3.05) is 11.9 Å². The highest BCUT2D eigenvalue weighted by molar-refractivity contribution is 6.29. The van der Waals surface area contributed by atoms with Crippen molar-refractivity contribution in [1.82, 2.24) is 4.98 Å². The number of hydrogen-bond donors (Lipinski definition) is 2. The highest BCUT2D eigenvalue weighted by Gasteiger charge is 2.23. The summed E-state index contributed by atoms with van der Waals surface area (Å²) >= 11 is 5.87. The van der Waals surface area contributed by atoms with Crippen LogP contribution in [0.1, 0.15) is 28.4 Å². The van der Waals surface area contributed by atoms with Crippen LogP contribution in [0.2, 0.25) is 5.15 Å². The molecule has 0 fully saturated rings. The van der Waals surface area contributed by atoms with E-state index in [1.54, 1.807) is 0 Å². The smallest absolute Gasteiger partial charge is 0.339 e. The molecule has 21 heavy (non-hydrogen) atoms. The molecular weight excluding hydrogens is 292 g/mol. The first-order valence-electron chi connectivity index (χ1n) is 6.53. The first-order valence-corrected chi connectivity index (χ1v) is 6.91. The fraction of sp³-hybridized carbons (Fsp3) is 0.200. The lowest BCUT2D eigenvalue weighted by Crippen LogP contribution is -2.22. The van der Waals surface area contributed by atoms with Gasteiger partial charge in [0, 0.05) is 12.0 Å². The van der Waals surface area contributed by atoms with Crippen molar-refractivity contribution < 1.29 is 14.6 Å². The Morgan fingerprint density at radius 2 is 2.14 bits per heavy atom. The van der Waals surface area contributed by atoms with Gasteiger partial charge in [-0.3, -0.25) is 0 Å². The molecule has 0 amide bonds. The van der Waals surface area contributed by atoms with Crippen LogP contribution in [0, 0.1) is 0 Å². The van der Waals surface area contributed by atoms with E-state index < -0.39 is 5.97 Å². The number of pyridine rings is 1. The molecule has 1 aromatic carbocycles. The van der Waals surface area contributed by atoms with Gasteiger partial charge in [-0.05, 0) is 18.2 Å². The molecule has 0 aliphatic carbocycles. The number of ether oxygens (including phenoxy) is 1. The van der Waals surface area contributed by atoms with Crippen molar-refractivity contribution in [2.24, 2.45) is 0 Å². The van der Waals surface area contributed by atoms with Crippen molar-refractivity contribution in [3.05, 3.63) is 52.7 Å². The minimum absolute atomic E-state index is 0.0565. The molecule has 0 saturated heterocycles. The van der Waals surface area contributed by atoms with Gasteiger partial charge < -0.3 is 15.2 Å². The summed E-state index contributed by atoms with van der Waals surface area (Å²) in [6.07, 6.45) is 0.726. The monoisotopic (exact) mass is 304 g/mol. The number of nitrogens with one attached hydrogen (secondary N) is 1. The van der Waals surface area contributed by atoms with Crippen LogP contribution in [-0.4, -0.2) is 22.7 Å². The Morgan fingerprint density at radius 3 is 2.95 bits per heavy atom. The van der Waals surface area contributed by atoms with E-state index in [4.69, 9.17) is 16.3 Å². The fourth-order valence-electron chi connectivity index (χ4n) is 2.37. The Bertz CT molecular complexity index is 690. The Morgan fingerprint density at radius 1 is 1.33 bits per heavy atom. The van der Waals surface area contributed by atoms with Crippen LogP contribution in [0.25, 0.3) is 0 Å². The maximum Gasteiger partial charge on any atom is 0.339 e. The van der Waals surface area contributed by atoms with Gasteiger partial charge in [0.25, 0.3) is 0 Å². The lowest BCUT2D eigenvalue weighted by Gasteiger charge is -2.27. The molecule has 0 radical (unpaired) electrons. The molecule has 1 atom stereocenters. The normalized spacial score (nSPS) is 16.7. The molecule has 2 heterocycles. The molecular formula is C15H13ClN2O3. The third-order valence-corrected chi connectivity index (χ3v) is 3.57. The van der Waals surface area contributed by atoms with Gasteiger partial charge in [-0.2, -0.15) is 0 Å². The average Bonchev–Trinajstić information content (AvgIpc) is 2.47. The second-order valence-electron chi connectivity index (χ2n) is 4.71. The number of carbonyl (C=O) groups is 1. The summed E-state index contributed by atoms with van der Waals surface area (Å²) in [5.74, 6) is 0.0406. The van der Waals surface area contributed by atoms with Gasteiger partial charge >= 0.3 is 5.97 Å². The van der Waals surface area contributed by atoms with Gasteiger partial charge in [0.05, 0.1) is 12.6 Å². The van der Waals surface area contributed by atoms with Gasteiger partial charge in [-0.15, -0.1) is 0 Å². The Kier molecular flexibility index (Phi) is 3.66. The summed E-state index contributed by atoms with van der Waals surface area (Å²) < 4.78 is 5.59. The molecule has 2 aromatic rings. The zero-order valence-corrected chi connectivity index (χ0v) is 11.8. The first-order chi connectivity index (χ1) is 10.1. The summed E-state index contributed by atoms with van der Waals surface area (Å²) in [7, 11) is 0. The van der Waals surface area contributed by atoms with Crippen molar-refractivity contribution in [2.45, 2.75) is 12.5 Å². The van der Waals surface area contributed by atoms with Crippen LogP contribution in [0.4, 0.5) is 5.82 Å². The molecule has 6 heteroatoms. The molecule has 1 aliphatic rings. The largest absolute Gasteiger partial charge is 0.493 e. The van der Waals surface area contributed by atoms with E-state index in [-0.39, 0.29) is 22.6 Å². The maximum absolute atomic E-state index is 11.3. The number of rotatable bonds is 3. The quantitative estimate of drug-likeness (QED) is 0.851. The molecule has 0 saturated carbocycles. The fourth-order valence-corrected chi connectivity index (χ4v) is 2.52. The number of carboxylic acid groups (broad SMARTS) is 1. The lowest BCUT2D eigenvalue weighted by molar-refractivity contribution is 0.0697. The number of para-hydroxylation sites is 1. The van der Waals surface area contributed by atoms with Crippen LogP contribution in [-0.2, 0) is 0 Å². The Balaban J connectivity index is 1.95. The van der Waals surface area contributed by atoms with Gasteiger partial charge in [-0.25, -0.2) is 9.78 Å². The molecule has 0 spiro atoms. The number of hydrogen-bond acceptors (Lipinski definition) is 4. The van der Waals surface area contributed by atoms with E-state index in [0.29, 0.717) is 6.61 Å². The Labute approximate surface area is 126 Å². The zero-order chi connectivity index (χ0) is 14.8. The predicted molar refractivity (Wildman–Crippen MR) is 79.1 cm³/mol. The number of halogens is 1. The Hall–Kier alpha value is -2.27. The van der Waals surface area contributed by atoms with Crippen LogP contribution < -0.4 is 10.1 Å². The predicted octanol–water partition coefficient (Wildman–Crippen LogP) is 3.37. The number of anilines is 1. The number of benzene rings is 1. The van der Waals surface area contributed by atoms with Gasteiger partial charge in [0.15, 0.2) is 0 Å². The maximum atomic E-state index is 11.3. The molecule has 5 nitrogen and oxygen atoms in total. The molecule has 3 rings (SSSR count). The minimum Gasteiger partial charge on any atom is -0.493 e. The van der Waals surface area contributed by atoms with Crippen LogP contribution in [0.3, 0.4) is 0 Å². The van der Waals surface area contributed by atoms with E-state index in [1.165, 1.54) is 12.1 Å². The molecule has 1 aliphatic heterocycles. The van der Waals surface area contributed by atoms with Crippen LogP contribution >= 0.6 is 11.6 Å². The standard InChI is InChI=1S/C15H13ClN2O3/c16-13-6-5-10(15(19)20)14(18-13)17-11-7-8-21-12-4-2-1-3-9(11)12/h1-6,11H,7-8H2,(H,17,18)(H,19,20). The van der Waals surface area contributed by atoms with Crippen molar-refractivity contribution in [3.8, 4) is 5.75 Å². The van der Waals surface area contributed by atoms with Crippen molar-refractivity contribution >= 4 is 23.4 Å². The molecule has 108 valence electrons.